The molecule has 1 aliphatic rings. The van der Waals surface area contributed by atoms with Crippen LogP contribution in [-0.2, 0) is 11.3 Å². The smallest absolute Gasteiger partial charge is 0.335 e. The lowest BCUT2D eigenvalue weighted by molar-refractivity contribution is 0.0595. The van der Waals surface area contributed by atoms with Gasteiger partial charge in [-0.1, -0.05) is 23.7 Å². The van der Waals surface area contributed by atoms with Crippen LogP contribution in [0.2, 0.25) is 5.02 Å². The second-order valence-electron chi connectivity index (χ2n) is 5.97. The molecule has 0 unspecified atom stereocenters. The summed E-state index contributed by atoms with van der Waals surface area (Å²) in [5, 5.41) is 9.77. The van der Waals surface area contributed by atoms with Gasteiger partial charge in [0.2, 0.25) is 0 Å². The summed E-state index contributed by atoms with van der Waals surface area (Å²) in [4.78, 5) is 12.1. The van der Waals surface area contributed by atoms with Gasteiger partial charge in [-0.15, -0.1) is 0 Å². The summed E-state index contributed by atoms with van der Waals surface area (Å²) in [6.45, 7) is 2.30. The molecule has 6 heteroatoms. The van der Waals surface area contributed by atoms with Gasteiger partial charge in [0, 0.05) is 35.7 Å². The summed E-state index contributed by atoms with van der Waals surface area (Å²) in [5.41, 5.74) is 1.41. The van der Waals surface area contributed by atoms with Gasteiger partial charge in [0.05, 0.1) is 5.56 Å². The maximum absolute atomic E-state index is 11.0. The zero-order valence-electron chi connectivity index (χ0n) is 13.7. The molecule has 0 atom stereocenters. The predicted molar refractivity (Wildman–Crippen MR) is 100 cm³/mol. The van der Waals surface area contributed by atoms with E-state index < -0.39 is 5.97 Å². The van der Waals surface area contributed by atoms with Gasteiger partial charge < -0.3 is 9.84 Å². The first kappa shape index (κ1) is 18.3. The fourth-order valence-electron chi connectivity index (χ4n) is 2.77. The van der Waals surface area contributed by atoms with Gasteiger partial charge in [-0.2, -0.15) is 0 Å². The van der Waals surface area contributed by atoms with Gasteiger partial charge in [-0.25, -0.2) is 9.10 Å². The second-order valence-corrected chi connectivity index (χ2v) is 7.53. The highest BCUT2D eigenvalue weighted by atomic mass is 35.5. The molecule has 3 rings (SSSR count). The van der Waals surface area contributed by atoms with Crippen LogP contribution in [0.15, 0.2) is 53.4 Å². The summed E-state index contributed by atoms with van der Waals surface area (Å²) >= 11 is 7.69. The van der Waals surface area contributed by atoms with Crippen LogP contribution in [0.5, 0.6) is 0 Å². The first-order chi connectivity index (χ1) is 12.1. The number of carboxylic acids is 1. The lowest BCUT2D eigenvalue weighted by Gasteiger charge is -2.33. The van der Waals surface area contributed by atoms with Gasteiger partial charge in [-0.3, -0.25) is 0 Å². The van der Waals surface area contributed by atoms with Crippen LogP contribution < -0.4 is 0 Å². The van der Waals surface area contributed by atoms with Crippen LogP contribution in [0.4, 0.5) is 0 Å². The Kier molecular flexibility index (Phi) is 6.37. The van der Waals surface area contributed by atoms with Gasteiger partial charge in [0.1, 0.15) is 0 Å². The molecule has 2 aromatic rings. The molecule has 0 radical (unpaired) electrons. The van der Waals surface area contributed by atoms with E-state index in [1.54, 1.807) is 24.1 Å². The Morgan fingerprint density at radius 3 is 2.36 bits per heavy atom. The summed E-state index contributed by atoms with van der Waals surface area (Å²) in [7, 11) is 0. The number of carboxylic acid groups (broad SMARTS) is 1. The van der Waals surface area contributed by atoms with Crippen molar-refractivity contribution in [1.82, 2.24) is 4.31 Å². The molecule has 1 aliphatic heterocycles. The van der Waals surface area contributed by atoms with Gasteiger partial charge in [0.25, 0.3) is 0 Å². The summed E-state index contributed by atoms with van der Waals surface area (Å²) in [6, 6.07) is 15.4. The molecule has 0 bridgehead atoms. The highest BCUT2D eigenvalue weighted by molar-refractivity contribution is 7.97. The van der Waals surface area contributed by atoms with E-state index >= 15 is 0 Å². The van der Waals surface area contributed by atoms with E-state index in [4.69, 9.17) is 21.4 Å². The monoisotopic (exact) mass is 377 g/mol. The number of benzene rings is 2. The lowest BCUT2D eigenvalue weighted by Crippen LogP contribution is -2.34. The number of hydrogen-bond acceptors (Lipinski definition) is 4. The van der Waals surface area contributed by atoms with Crippen molar-refractivity contribution < 1.29 is 14.6 Å². The van der Waals surface area contributed by atoms with E-state index in [0.29, 0.717) is 11.6 Å². The molecule has 132 valence electrons. The SMILES string of the molecule is O=C(O)c1ccc(CN(Sc2ccc(Cl)cc2)C2CCOCC2)cc1. The fourth-order valence-corrected chi connectivity index (χ4v) is 4.00. The average molecular weight is 378 g/mol. The van der Waals surface area contributed by atoms with Gasteiger partial charge in [-0.05, 0) is 66.8 Å². The largest absolute Gasteiger partial charge is 0.478 e. The van der Waals surface area contributed by atoms with E-state index in [2.05, 4.69) is 4.31 Å². The molecule has 0 amide bonds. The molecule has 1 saturated heterocycles. The Balaban J connectivity index is 1.75. The van der Waals surface area contributed by atoms with E-state index in [1.807, 2.05) is 36.4 Å². The molecular formula is C19H20ClNO3S. The molecule has 0 spiro atoms. The average Bonchev–Trinajstić information content (AvgIpc) is 2.64. The van der Waals surface area contributed by atoms with E-state index in [9.17, 15) is 4.79 Å². The maximum Gasteiger partial charge on any atom is 0.335 e. The highest BCUT2D eigenvalue weighted by Crippen LogP contribution is 2.31. The molecule has 0 aliphatic carbocycles. The van der Waals surface area contributed by atoms with Crippen molar-refractivity contribution in [3.63, 3.8) is 0 Å². The Bertz CT molecular complexity index is 700. The molecule has 4 nitrogen and oxygen atoms in total. The quantitative estimate of drug-likeness (QED) is 0.737. The standard InChI is InChI=1S/C19H20ClNO3S/c20-16-5-7-18(8-6-16)25-21(17-9-11-24-12-10-17)13-14-1-3-15(4-2-14)19(22)23/h1-8,17H,9-13H2,(H,22,23). The van der Waals surface area contributed by atoms with Crippen molar-refractivity contribution >= 4 is 29.5 Å². The Morgan fingerprint density at radius 1 is 1.12 bits per heavy atom. The molecule has 1 N–H and O–H groups in total. The van der Waals surface area contributed by atoms with Crippen molar-refractivity contribution in [2.45, 2.75) is 30.3 Å². The second kappa shape index (κ2) is 8.72. The maximum atomic E-state index is 11.0. The number of carbonyl (C=O) groups is 1. The minimum absolute atomic E-state index is 0.312. The normalized spacial score (nSPS) is 15.4. The first-order valence-electron chi connectivity index (χ1n) is 8.22. The number of rotatable bonds is 6. The van der Waals surface area contributed by atoms with Crippen LogP contribution in [0, 0.1) is 0 Å². The zero-order valence-corrected chi connectivity index (χ0v) is 15.3. The van der Waals surface area contributed by atoms with Crippen molar-refractivity contribution in [3.05, 3.63) is 64.7 Å². The van der Waals surface area contributed by atoms with Crippen molar-refractivity contribution in [1.29, 1.82) is 0 Å². The molecule has 1 fully saturated rings. The van der Waals surface area contributed by atoms with Gasteiger partial charge >= 0.3 is 5.97 Å². The third kappa shape index (κ3) is 5.22. The number of halogens is 1. The Hall–Kier alpha value is -1.53. The van der Waals surface area contributed by atoms with E-state index in [1.165, 1.54) is 0 Å². The highest BCUT2D eigenvalue weighted by Gasteiger charge is 2.23. The third-order valence-electron chi connectivity index (χ3n) is 4.17. The summed E-state index contributed by atoms with van der Waals surface area (Å²) in [6.07, 6.45) is 1.99. The third-order valence-corrected chi connectivity index (χ3v) is 5.57. The number of nitrogens with zero attached hydrogens (tertiary/aromatic N) is 1. The molecule has 2 aromatic carbocycles. The summed E-state index contributed by atoms with van der Waals surface area (Å²) < 4.78 is 7.85. The molecule has 1 heterocycles. The first-order valence-corrected chi connectivity index (χ1v) is 9.37. The number of hydrogen-bond donors (Lipinski definition) is 1. The lowest BCUT2D eigenvalue weighted by atomic mass is 10.1. The van der Waals surface area contributed by atoms with Crippen LogP contribution in [-0.4, -0.2) is 34.6 Å². The van der Waals surface area contributed by atoms with Crippen LogP contribution >= 0.6 is 23.5 Å². The molecule has 25 heavy (non-hydrogen) atoms. The van der Waals surface area contributed by atoms with E-state index in [-0.39, 0.29) is 0 Å². The number of aromatic carboxylic acids is 1. The van der Waals surface area contributed by atoms with Gasteiger partial charge in [0.15, 0.2) is 0 Å². The van der Waals surface area contributed by atoms with Crippen molar-refractivity contribution in [3.8, 4) is 0 Å². The van der Waals surface area contributed by atoms with Crippen LogP contribution in [0.25, 0.3) is 0 Å². The molecule has 0 saturated carbocycles. The van der Waals surface area contributed by atoms with Crippen LogP contribution in [0.1, 0.15) is 28.8 Å². The Labute approximate surface area is 156 Å². The topological polar surface area (TPSA) is 49.8 Å². The summed E-state index contributed by atoms with van der Waals surface area (Å²) in [5.74, 6) is -0.900. The predicted octanol–water partition coefficient (Wildman–Crippen LogP) is 4.73. The van der Waals surface area contributed by atoms with E-state index in [0.717, 1.165) is 48.1 Å². The fraction of sp³-hybridized carbons (Fsp3) is 0.316. The van der Waals surface area contributed by atoms with Crippen molar-refractivity contribution in [2.24, 2.45) is 0 Å². The zero-order chi connectivity index (χ0) is 17.6. The molecule has 0 aromatic heterocycles. The Morgan fingerprint density at radius 2 is 1.76 bits per heavy atom. The van der Waals surface area contributed by atoms with Crippen molar-refractivity contribution in [2.75, 3.05) is 13.2 Å². The minimum Gasteiger partial charge on any atom is -0.478 e. The number of ether oxygens (including phenoxy) is 1. The van der Waals surface area contributed by atoms with Crippen LogP contribution in [0.3, 0.4) is 0 Å². The molecular weight excluding hydrogens is 358 g/mol. The minimum atomic E-state index is -0.900.